The van der Waals surface area contributed by atoms with E-state index in [9.17, 15) is 0 Å². The molecular weight excluding hydrogens is 416 g/mol. The largest absolute Gasteiger partial charge is 0.367 e. The molecule has 1 heterocycles. The molecule has 0 saturated carbocycles. The maximum Gasteiger partial charge on any atom is 0.143 e. The molecule has 3 aromatic rings. The molecule has 2 nitrogen and oxygen atoms in total. The molecule has 0 N–H and O–H groups in total. The molecule has 0 fully saturated rings. The maximum atomic E-state index is 7.12. The van der Waals surface area contributed by atoms with E-state index in [1.54, 1.807) is 0 Å². The summed E-state index contributed by atoms with van der Waals surface area (Å²) in [7, 11) is 0. The van der Waals surface area contributed by atoms with Crippen LogP contribution < -0.4 is 0 Å². The van der Waals surface area contributed by atoms with Gasteiger partial charge in [-0.25, -0.2) is 0 Å². The second-order valence-corrected chi connectivity index (χ2v) is 9.43. The standard InChI is InChI=1S/C32H38O2/c1-4-26-22-31(6-3,33-24-26)23-27(5-2)25-34-32(28-16-10-7-11-17-28,29-18-12-8-13-19-29)30-20-14-9-15-21-30/h7-22,27H,4-6,23-25H2,1-3H3/t27-,31-/m1/s1. The first kappa shape index (κ1) is 24.4. The van der Waals surface area contributed by atoms with E-state index < -0.39 is 5.60 Å². The first-order valence-corrected chi connectivity index (χ1v) is 12.8. The topological polar surface area (TPSA) is 18.5 Å². The molecule has 0 amide bonds. The van der Waals surface area contributed by atoms with E-state index in [-0.39, 0.29) is 5.60 Å². The molecule has 34 heavy (non-hydrogen) atoms. The van der Waals surface area contributed by atoms with Crippen LogP contribution in [0.2, 0.25) is 0 Å². The van der Waals surface area contributed by atoms with Crippen LogP contribution in [0.15, 0.2) is 103 Å². The van der Waals surface area contributed by atoms with Gasteiger partial charge in [0.1, 0.15) is 5.60 Å². The Balaban J connectivity index is 1.71. The lowest BCUT2D eigenvalue weighted by Crippen LogP contribution is -2.36. The molecule has 3 aromatic carbocycles. The third kappa shape index (κ3) is 5.04. The predicted octanol–water partition coefficient (Wildman–Crippen LogP) is 7.93. The van der Waals surface area contributed by atoms with Gasteiger partial charge in [0.15, 0.2) is 0 Å². The van der Waals surface area contributed by atoms with Crippen LogP contribution in [0.4, 0.5) is 0 Å². The monoisotopic (exact) mass is 454 g/mol. The van der Waals surface area contributed by atoms with Gasteiger partial charge in [0.25, 0.3) is 0 Å². The molecule has 178 valence electrons. The molecule has 0 spiro atoms. The van der Waals surface area contributed by atoms with Crippen molar-refractivity contribution < 1.29 is 9.47 Å². The molecule has 0 bridgehead atoms. The highest BCUT2D eigenvalue weighted by Gasteiger charge is 2.39. The smallest absolute Gasteiger partial charge is 0.143 e. The minimum atomic E-state index is -0.669. The Kier molecular flexibility index (Phi) is 8.03. The normalized spacial score (nSPS) is 19.1. The second kappa shape index (κ2) is 11.2. The van der Waals surface area contributed by atoms with Crippen LogP contribution >= 0.6 is 0 Å². The summed E-state index contributed by atoms with van der Waals surface area (Å²) in [6, 6.07) is 31.9. The molecule has 4 rings (SSSR count). The zero-order chi connectivity index (χ0) is 23.9. The van der Waals surface area contributed by atoms with E-state index in [1.165, 1.54) is 5.57 Å². The Morgan fingerprint density at radius 1 is 0.794 bits per heavy atom. The van der Waals surface area contributed by atoms with E-state index in [0.29, 0.717) is 12.5 Å². The average Bonchev–Trinajstić information content (AvgIpc) is 3.34. The summed E-state index contributed by atoms with van der Waals surface area (Å²) in [5.41, 5.74) is 4.04. The Morgan fingerprint density at radius 2 is 1.29 bits per heavy atom. The number of benzene rings is 3. The number of rotatable bonds is 11. The maximum absolute atomic E-state index is 7.12. The first-order valence-electron chi connectivity index (χ1n) is 12.8. The van der Waals surface area contributed by atoms with Crippen molar-refractivity contribution in [3.8, 4) is 0 Å². The van der Waals surface area contributed by atoms with E-state index in [0.717, 1.165) is 49.0 Å². The van der Waals surface area contributed by atoms with Crippen LogP contribution in [0.3, 0.4) is 0 Å². The van der Waals surface area contributed by atoms with Crippen LogP contribution in [0, 0.1) is 5.92 Å². The van der Waals surface area contributed by atoms with Crippen molar-refractivity contribution in [2.75, 3.05) is 13.2 Å². The van der Waals surface area contributed by atoms with Crippen molar-refractivity contribution in [2.24, 2.45) is 5.92 Å². The van der Waals surface area contributed by atoms with Crippen molar-refractivity contribution in [1.82, 2.24) is 0 Å². The van der Waals surface area contributed by atoms with E-state index in [4.69, 9.17) is 9.47 Å². The Hall–Kier alpha value is -2.68. The van der Waals surface area contributed by atoms with Crippen LogP contribution in [-0.4, -0.2) is 18.8 Å². The van der Waals surface area contributed by atoms with Gasteiger partial charge in [-0.15, -0.1) is 0 Å². The minimum Gasteiger partial charge on any atom is -0.367 e. The van der Waals surface area contributed by atoms with Gasteiger partial charge in [0.2, 0.25) is 0 Å². The molecule has 0 radical (unpaired) electrons. The van der Waals surface area contributed by atoms with Gasteiger partial charge in [-0.05, 0) is 47.4 Å². The fourth-order valence-corrected chi connectivity index (χ4v) is 5.18. The lowest BCUT2D eigenvalue weighted by molar-refractivity contribution is -0.0420. The van der Waals surface area contributed by atoms with Gasteiger partial charge in [0.05, 0.1) is 18.8 Å². The van der Waals surface area contributed by atoms with Gasteiger partial charge < -0.3 is 9.47 Å². The lowest BCUT2D eigenvalue weighted by atomic mass is 9.79. The van der Waals surface area contributed by atoms with Crippen molar-refractivity contribution in [3.05, 3.63) is 119 Å². The molecule has 0 aliphatic carbocycles. The van der Waals surface area contributed by atoms with Gasteiger partial charge in [-0.3, -0.25) is 0 Å². The SMILES string of the molecule is CCC1=C[C@](CC)(C[C@@H](CC)COC(c2ccccc2)(c2ccccc2)c2ccccc2)OC1. The van der Waals surface area contributed by atoms with Gasteiger partial charge in [-0.2, -0.15) is 0 Å². The Bertz CT molecular complexity index is 945. The third-order valence-electron chi connectivity index (χ3n) is 7.35. The summed E-state index contributed by atoms with van der Waals surface area (Å²) < 4.78 is 13.5. The van der Waals surface area contributed by atoms with Crippen LogP contribution in [-0.2, 0) is 15.1 Å². The molecule has 1 aliphatic rings. The second-order valence-electron chi connectivity index (χ2n) is 9.43. The summed E-state index contributed by atoms with van der Waals surface area (Å²) >= 11 is 0. The van der Waals surface area contributed by atoms with E-state index >= 15 is 0 Å². The molecule has 0 unspecified atom stereocenters. The van der Waals surface area contributed by atoms with E-state index in [1.807, 2.05) is 0 Å². The highest BCUT2D eigenvalue weighted by atomic mass is 16.5. The highest BCUT2D eigenvalue weighted by Crippen LogP contribution is 2.42. The average molecular weight is 455 g/mol. The highest BCUT2D eigenvalue weighted by molar-refractivity contribution is 5.47. The Labute approximate surface area is 205 Å². The minimum absolute atomic E-state index is 0.162. The number of hydrogen-bond acceptors (Lipinski definition) is 2. The number of ether oxygens (including phenoxy) is 2. The molecule has 0 aromatic heterocycles. The molecular formula is C32H38O2. The van der Waals surface area contributed by atoms with E-state index in [2.05, 4.69) is 118 Å². The fraction of sp³-hybridized carbons (Fsp3) is 0.375. The van der Waals surface area contributed by atoms with Gasteiger partial charge >= 0.3 is 0 Å². The van der Waals surface area contributed by atoms with Crippen molar-refractivity contribution >= 4 is 0 Å². The predicted molar refractivity (Wildman–Crippen MR) is 141 cm³/mol. The quantitative estimate of drug-likeness (QED) is 0.216. The number of hydrogen-bond donors (Lipinski definition) is 0. The Morgan fingerprint density at radius 3 is 1.68 bits per heavy atom. The summed E-state index contributed by atoms with van der Waals surface area (Å²) in [6.45, 7) is 8.16. The van der Waals surface area contributed by atoms with Crippen molar-refractivity contribution in [1.29, 1.82) is 0 Å². The third-order valence-corrected chi connectivity index (χ3v) is 7.35. The zero-order valence-corrected chi connectivity index (χ0v) is 20.9. The fourth-order valence-electron chi connectivity index (χ4n) is 5.18. The van der Waals surface area contributed by atoms with Gasteiger partial charge in [-0.1, -0.05) is 124 Å². The zero-order valence-electron chi connectivity index (χ0n) is 20.9. The molecule has 2 atom stereocenters. The molecule has 1 aliphatic heterocycles. The molecule has 0 saturated heterocycles. The van der Waals surface area contributed by atoms with Crippen molar-refractivity contribution in [3.63, 3.8) is 0 Å². The summed E-state index contributed by atoms with van der Waals surface area (Å²) in [5, 5.41) is 0. The van der Waals surface area contributed by atoms with Crippen LogP contribution in [0.5, 0.6) is 0 Å². The van der Waals surface area contributed by atoms with Crippen LogP contribution in [0.25, 0.3) is 0 Å². The summed E-state index contributed by atoms with van der Waals surface area (Å²) in [6.07, 6.45) is 6.49. The summed E-state index contributed by atoms with van der Waals surface area (Å²) in [5.74, 6) is 0.392. The molecule has 2 heteroatoms. The first-order chi connectivity index (χ1) is 16.7. The van der Waals surface area contributed by atoms with Gasteiger partial charge in [0, 0.05) is 0 Å². The van der Waals surface area contributed by atoms with Crippen molar-refractivity contribution in [2.45, 2.75) is 57.7 Å². The van der Waals surface area contributed by atoms with Crippen LogP contribution in [0.1, 0.15) is 63.1 Å². The lowest BCUT2D eigenvalue weighted by Gasteiger charge is -2.38. The summed E-state index contributed by atoms with van der Waals surface area (Å²) in [4.78, 5) is 0.